The first-order valence-corrected chi connectivity index (χ1v) is 11.2. The fourth-order valence-corrected chi connectivity index (χ4v) is 8.67. The zero-order chi connectivity index (χ0) is 19.6. The van der Waals surface area contributed by atoms with Crippen molar-refractivity contribution >= 4 is 5.97 Å². The maximum Gasteiger partial charge on any atom is 0.303 e. The lowest BCUT2D eigenvalue weighted by atomic mass is 9.44. The Bertz CT molecular complexity index is 591. The summed E-state index contributed by atoms with van der Waals surface area (Å²) < 4.78 is 0. The van der Waals surface area contributed by atoms with Gasteiger partial charge in [-0.2, -0.15) is 0 Å². The summed E-state index contributed by atoms with van der Waals surface area (Å²) in [5.74, 6) is 2.15. The highest BCUT2D eigenvalue weighted by atomic mass is 16.4. The molecule has 4 rings (SSSR count). The second-order valence-corrected chi connectivity index (χ2v) is 11.0. The van der Waals surface area contributed by atoms with Gasteiger partial charge < -0.3 is 15.3 Å². The van der Waals surface area contributed by atoms with E-state index >= 15 is 0 Å². The van der Waals surface area contributed by atoms with Crippen LogP contribution in [0.1, 0.15) is 78.6 Å². The Morgan fingerprint density at radius 3 is 2.33 bits per heavy atom. The fourth-order valence-electron chi connectivity index (χ4n) is 8.67. The molecule has 0 aliphatic heterocycles. The summed E-state index contributed by atoms with van der Waals surface area (Å²) in [5.41, 5.74) is 0.390. The lowest BCUT2D eigenvalue weighted by Gasteiger charge is -2.62. The van der Waals surface area contributed by atoms with E-state index in [-0.39, 0.29) is 41.3 Å². The highest BCUT2D eigenvalue weighted by molar-refractivity contribution is 5.67. The third-order valence-corrected chi connectivity index (χ3v) is 9.91. The van der Waals surface area contributed by atoms with Gasteiger partial charge in [0.25, 0.3) is 0 Å². The van der Waals surface area contributed by atoms with E-state index in [0.29, 0.717) is 23.7 Å². The first kappa shape index (κ1) is 19.7. The molecule has 0 aromatic heterocycles. The van der Waals surface area contributed by atoms with E-state index in [0.717, 1.165) is 32.1 Å². The van der Waals surface area contributed by atoms with Gasteiger partial charge in [0.2, 0.25) is 0 Å². The van der Waals surface area contributed by atoms with Gasteiger partial charge in [0.15, 0.2) is 0 Å². The van der Waals surface area contributed by atoms with Crippen molar-refractivity contribution < 1.29 is 20.1 Å². The summed E-state index contributed by atoms with van der Waals surface area (Å²) in [6, 6.07) is 0. The predicted octanol–water partition coefficient (Wildman–Crippen LogP) is 4.09. The highest BCUT2D eigenvalue weighted by Crippen LogP contribution is 2.68. The monoisotopic (exact) mass is 378 g/mol. The largest absolute Gasteiger partial charge is 0.481 e. The summed E-state index contributed by atoms with van der Waals surface area (Å²) in [6.45, 7) is 6.95. The van der Waals surface area contributed by atoms with Crippen LogP contribution >= 0.6 is 0 Å². The summed E-state index contributed by atoms with van der Waals surface area (Å²) in [5, 5.41) is 30.5. The topological polar surface area (TPSA) is 77.8 Å². The second kappa shape index (κ2) is 6.73. The third kappa shape index (κ3) is 2.97. The standard InChI is InChI=1S/C23H38O4/c1-13(10-21(26)27)16-4-5-17-15-12-20(25)19-11-14(24)6-8-23(19,3)18(15)7-9-22(16,17)2/h13-20,24-25H,4-12H2,1-3H3,(H,26,27)/t13-,14-,15+,16-,17+,18+,19+,20+,22-,23-/m1/s1. The van der Waals surface area contributed by atoms with Crippen LogP contribution in [0, 0.1) is 46.3 Å². The molecule has 154 valence electrons. The quantitative estimate of drug-likeness (QED) is 0.691. The number of hydrogen-bond donors (Lipinski definition) is 3. The molecule has 4 nitrogen and oxygen atoms in total. The summed E-state index contributed by atoms with van der Waals surface area (Å²) in [4.78, 5) is 11.3. The average Bonchev–Trinajstić information content (AvgIpc) is 2.93. The van der Waals surface area contributed by atoms with Crippen LogP contribution < -0.4 is 0 Å². The number of carboxylic acid groups (broad SMARTS) is 1. The molecule has 27 heavy (non-hydrogen) atoms. The number of aliphatic carboxylic acids is 1. The molecule has 0 unspecified atom stereocenters. The van der Waals surface area contributed by atoms with Crippen LogP contribution in [-0.2, 0) is 4.79 Å². The number of hydrogen-bond acceptors (Lipinski definition) is 3. The van der Waals surface area contributed by atoms with E-state index in [9.17, 15) is 20.1 Å². The third-order valence-electron chi connectivity index (χ3n) is 9.91. The Morgan fingerprint density at radius 1 is 0.963 bits per heavy atom. The van der Waals surface area contributed by atoms with E-state index in [1.54, 1.807) is 0 Å². The first-order chi connectivity index (χ1) is 12.7. The van der Waals surface area contributed by atoms with Crippen molar-refractivity contribution in [3.8, 4) is 0 Å². The average molecular weight is 379 g/mol. The molecule has 3 N–H and O–H groups in total. The number of carboxylic acids is 1. The maximum absolute atomic E-state index is 11.3. The van der Waals surface area contributed by atoms with Gasteiger partial charge in [0, 0.05) is 6.42 Å². The van der Waals surface area contributed by atoms with E-state index < -0.39 is 5.97 Å². The van der Waals surface area contributed by atoms with Crippen molar-refractivity contribution in [3.05, 3.63) is 0 Å². The van der Waals surface area contributed by atoms with Crippen LogP contribution in [0.4, 0.5) is 0 Å². The molecular formula is C23H38O4. The summed E-state index contributed by atoms with van der Waals surface area (Å²) >= 11 is 0. The smallest absolute Gasteiger partial charge is 0.303 e. The van der Waals surface area contributed by atoms with Crippen LogP contribution in [0.3, 0.4) is 0 Å². The van der Waals surface area contributed by atoms with Crippen LogP contribution in [0.15, 0.2) is 0 Å². The molecule has 0 aromatic carbocycles. The van der Waals surface area contributed by atoms with Crippen LogP contribution in [0.25, 0.3) is 0 Å². The van der Waals surface area contributed by atoms with E-state index in [1.165, 1.54) is 19.3 Å². The molecule has 0 aromatic rings. The first-order valence-electron chi connectivity index (χ1n) is 11.2. The summed E-state index contributed by atoms with van der Waals surface area (Å²) in [7, 11) is 0. The van der Waals surface area contributed by atoms with Crippen LogP contribution in [0.2, 0.25) is 0 Å². The van der Waals surface area contributed by atoms with Gasteiger partial charge in [-0.25, -0.2) is 0 Å². The van der Waals surface area contributed by atoms with E-state index in [2.05, 4.69) is 20.8 Å². The zero-order valence-electron chi connectivity index (χ0n) is 17.2. The minimum absolute atomic E-state index is 0.160. The molecule has 4 fully saturated rings. The zero-order valence-corrected chi connectivity index (χ0v) is 17.2. The molecular weight excluding hydrogens is 340 g/mol. The molecule has 0 saturated heterocycles. The Labute approximate surface area is 163 Å². The predicted molar refractivity (Wildman–Crippen MR) is 104 cm³/mol. The van der Waals surface area contributed by atoms with Gasteiger partial charge in [-0.05, 0) is 97.7 Å². The minimum Gasteiger partial charge on any atom is -0.481 e. The summed E-state index contributed by atoms with van der Waals surface area (Å²) in [6.07, 6.45) is 8.08. The fraction of sp³-hybridized carbons (Fsp3) is 0.957. The molecule has 0 radical (unpaired) electrons. The van der Waals surface area contributed by atoms with Crippen LogP contribution in [-0.4, -0.2) is 33.5 Å². The second-order valence-electron chi connectivity index (χ2n) is 11.0. The molecule has 4 aliphatic rings. The van der Waals surface area contributed by atoms with Gasteiger partial charge in [-0.1, -0.05) is 20.8 Å². The molecule has 4 aliphatic carbocycles. The Kier molecular flexibility index (Phi) is 4.91. The molecule has 0 spiro atoms. The number of aliphatic hydroxyl groups is 2. The van der Waals surface area contributed by atoms with Gasteiger partial charge >= 0.3 is 5.97 Å². The Hall–Kier alpha value is -0.610. The van der Waals surface area contributed by atoms with Gasteiger partial charge in [0.05, 0.1) is 12.2 Å². The SMILES string of the molecule is C[C@H](CC(=O)O)[C@H]1CC[C@H]2[C@@H]3C[C@H](O)[C@@H]4C[C@H](O)CC[C@]4(C)[C@H]3CC[C@]12C. The van der Waals surface area contributed by atoms with E-state index in [1.807, 2.05) is 0 Å². The highest BCUT2D eigenvalue weighted by Gasteiger charge is 2.62. The lowest BCUT2D eigenvalue weighted by molar-refractivity contribution is -0.172. The van der Waals surface area contributed by atoms with Crippen molar-refractivity contribution in [1.82, 2.24) is 0 Å². The van der Waals surface area contributed by atoms with Crippen molar-refractivity contribution in [2.45, 2.75) is 90.8 Å². The Balaban J connectivity index is 1.59. The number of aliphatic hydroxyl groups excluding tert-OH is 2. The van der Waals surface area contributed by atoms with Crippen molar-refractivity contribution in [2.75, 3.05) is 0 Å². The van der Waals surface area contributed by atoms with Crippen molar-refractivity contribution in [2.24, 2.45) is 46.3 Å². The minimum atomic E-state index is -0.674. The normalized spacial score (nSPS) is 53.1. The molecule has 4 heteroatoms. The van der Waals surface area contributed by atoms with E-state index in [4.69, 9.17) is 0 Å². The lowest BCUT2D eigenvalue weighted by Crippen LogP contribution is -2.58. The molecule has 4 saturated carbocycles. The molecule has 10 atom stereocenters. The van der Waals surface area contributed by atoms with Crippen molar-refractivity contribution in [1.29, 1.82) is 0 Å². The Morgan fingerprint density at radius 2 is 1.63 bits per heavy atom. The van der Waals surface area contributed by atoms with Crippen molar-refractivity contribution in [3.63, 3.8) is 0 Å². The maximum atomic E-state index is 11.3. The van der Waals surface area contributed by atoms with Gasteiger partial charge in [-0.3, -0.25) is 4.79 Å². The van der Waals surface area contributed by atoms with Crippen LogP contribution in [0.5, 0.6) is 0 Å². The molecule has 0 heterocycles. The number of rotatable bonds is 3. The molecule has 0 amide bonds. The number of carbonyl (C=O) groups is 1. The molecule has 0 bridgehead atoms. The van der Waals surface area contributed by atoms with Gasteiger partial charge in [0.1, 0.15) is 0 Å². The number of fused-ring (bicyclic) bond motifs is 5. The van der Waals surface area contributed by atoms with Gasteiger partial charge in [-0.15, -0.1) is 0 Å².